The molecule has 0 spiro atoms. The van der Waals surface area contributed by atoms with Crippen molar-refractivity contribution in [2.24, 2.45) is 0 Å². The maximum absolute atomic E-state index is 13.9. The molecule has 0 aliphatic carbocycles. The summed E-state index contributed by atoms with van der Waals surface area (Å²) >= 11 is 13.1. The van der Waals surface area contributed by atoms with Gasteiger partial charge in [0.05, 0.1) is 32.5 Å². The molecule has 25 heavy (non-hydrogen) atoms. The Kier molecular flexibility index (Phi) is 4.18. The van der Waals surface area contributed by atoms with Gasteiger partial charge in [-0.15, -0.1) is 21.5 Å². The Balaban J connectivity index is 1.61. The van der Waals surface area contributed by atoms with Gasteiger partial charge in [0.25, 0.3) is 5.91 Å². The third-order valence-corrected chi connectivity index (χ3v) is 5.39. The fourth-order valence-electron chi connectivity index (χ4n) is 2.70. The van der Waals surface area contributed by atoms with Crippen LogP contribution in [-0.4, -0.2) is 37.1 Å². The number of benzene rings is 1. The lowest BCUT2D eigenvalue weighted by molar-refractivity contribution is 0.0707. The van der Waals surface area contributed by atoms with E-state index in [9.17, 15) is 9.18 Å². The van der Waals surface area contributed by atoms with Crippen LogP contribution in [0.15, 0.2) is 23.8 Å². The average Bonchev–Trinajstić information content (AvgIpc) is 3.27. The monoisotopic (exact) mass is 397 g/mol. The second kappa shape index (κ2) is 6.36. The number of halogens is 3. The zero-order valence-electron chi connectivity index (χ0n) is 12.6. The maximum atomic E-state index is 13.9. The van der Waals surface area contributed by atoms with E-state index >= 15 is 0 Å². The molecule has 2 aromatic heterocycles. The molecular weight excluding hydrogens is 388 g/mol. The molecule has 1 aliphatic heterocycles. The predicted octanol–water partition coefficient (Wildman–Crippen LogP) is 3.50. The van der Waals surface area contributed by atoms with Crippen molar-refractivity contribution in [3.8, 4) is 10.7 Å². The number of amides is 1. The zero-order valence-corrected chi connectivity index (χ0v) is 14.9. The fraction of sp³-hybridized carbons (Fsp3) is 0.200. The first kappa shape index (κ1) is 16.4. The van der Waals surface area contributed by atoms with E-state index in [4.69, 9.17) is 23.2 Å². The number of fused-ring (bicyclic) bond motifs is 1. The van der Waals surface area contributed by atoms with Crippen LogP contribution in [0.5, 0.6) is 0 Å². The quantitative estimate of drug-likeness (QED) is 0.620. The molecule has 128 valence electrons. The average molecular weight is 398 g/mol. The first-order valence-electron chi connectivity index (χ1n) is 7.30. The van der Waals surface area contributed by atoms with Gasteiger partial charge >= 0.3 is 0 Å². The molecule has 1 amide bonds. The van der Waals surface area contributed by atoms with Crippen LogP contribution in [0.3, 0.4) is 0 Å². The van der Waals surface area contributed by atoms with Gasteiger partial charge in [-0.3, -0.25) is 9.78 Å². The fourth-order valence-corrected chi connectivity index (χ4v) is 3.77. The van der Waals surface area contributed by atoms with E-state index < -0.39 is 5.82 Å². The number of hydrogen-bond acceptors (Lipinski definition) is 5. The normalized spacial score (nSPS) is 13.8. The Morgan fingerprint density at radius 1 is 1.24 bits per heavy atom. The molecule has 0 atom stereocenters. The summed E-state index contributed by atoms with van der Waals surface area (Å²) in [4.78, 5) is 19.2. The van der Waals surface area contributed by atoms with E-state index in [-0.39, 0.29) is 28.1 Å². The number of rotatable bonds is 2. The van der Waals surface area contributed by atoms with Gasteiger partial charge in [0, 0.05) is 19.3 Å². The standard InChI is InChI=1S/C15H10Cl2FN5OS/c16-9-2-1-8(12(17)13(9)18)15(24)22-3-4-23-11(6-22)20-21-14(23)10-5-19-7-25-10/h1-2,5,7H,3-4,6H2. The summed E-state index contributed by atoms with van der Waals surface area (Å²) in [6.45, 7) is 1.25. The predicted molar refractivity (Wildman–Crippen MR) is 92.3 cm³/mol. The van der Waals surface area contributed by atoms with Crippen LogP contribution in [0.2, 0.25) is 10.0 Å². The topological polar surface area (TPSA) is 63.9 Å². The van der Waals surface area contributed by atoms with Gasteiger partial charge in [-0.1, -0.05) is 23.2 Å². The molecule has 0 fully saturated rings. The molecule has 0 N–H and O–H groups in total. The molecule has 0 saturated carbocycles. The second-order valence-electron chi connectivity index (χ2n) is 5.41. The largest absolute Gasteiger partial charge is 0.329 e. The van der Waals surface area contributed by atoms with Gasteiger partial charge in [0.1, 0.15) is 0 Å². The number of thiazole rings is 1. The Labute approximate surface area is 155 Å². The van der Waals surface area contributed by atoms with Crippen LogP contribution >= 0.6 is 34.5 Å². The number of carbonyl (C=O) groups excluding carboxylic acids is 1. The SMILES string of the molecule is O=C(c1ccc(Cl)c(F)c1Cl)N1CCn2c(nnc2-c2cncs2)C1. The van der Waals surface area contributed by atoms with Crippen molar-refractivity contribution in [3.63, 3.8) is 0 Å². The van der Waals surface area contributed by atoms with Crippen molar-refractivity contribution in [1.29, 1.82) is 0 Å². The van der Waals surface area contributed by atoms with Crippen LogP contribution in [0, 0.1) is 5.82 Å². The molecule has 0 saturated heterocycles. The smallest absolute Gasteiger partial charge is 0.255 e. The van der Waals surface area contributed by atoms with Crippen LogP contribution < -0.4 is 0 Å². The lowest BCUT2D eigenvalue weighted by Crippen LogP contribution is -2.38. The van der Waals surface area contributed by atoms with Gasteiger partial charge in [-0.05, 0) is 12.1 Å². The highest BCUT2D eigenvalue weighted by atomic mass is 35.5. The third-order valence-electron chi connectivity index (χ3n) is 3.96. The minimum absolute atomic E-state index is 0.0826. The molecule has 0 bridgehead atoms. The van der Waals surface area contributed by atoms with Gasteiger partial charge < -0.3 is 9.47 Å². The lowest BCUT2D eigenvalue weighted by Gasteiger charge is -2.28. The van der Waals surface area contributed by atoms with E-state index in [1.807, 2.05) is 4.57 Å². The molecule has 3 aromatic rings. The molecule has 6 nitrogen and oxygen atoms in total. The van der Waals surface area contributed by atoms with E-state index in [2.05, 4.69) is 15.2 Å². The Morgan fingerprint density at radius 3 is 2.84 bits per heavy atom. The molecule has 1 aliphatic rings. The van der Waals surface area contributed by atoms with Crippen LogP contribution in [0.1, 0.15) is 16.2 Å². The number of carbonyl (C=O) groups is 1. The summed E-state index contributed by atoms with van der Waals surface area (Å²) in [6.07, 6.45) is 1.73. The second-order valence-corrected chi connectivity index (χ2v) is 7.08. The first-order chi connectivity index (χ1) is 12.1. The lowest BCUT2D eigenvalue weighted by atomic mass is 10.1. The summed E-state index contributed by atoms with van der Waals surface area (Å²) in [5.41, 5.74) is 1.81. The van der Waals surface area contributed by atoms with Crippen molar-refractivity contribution < 1.29 is 9.18 Å². The summed E-state index contributed by atoms with van der Waals surface area (Å²) in [7, 11) is 0. The summed E-state index contributed by atoms with van der Waals surface area (Å²) in [5, 5.41) is 7.97. The number of nitrogens with zero attached hydrogens (tertiary/aromatic N) is 5. The van der Waals surface area contributed by atoms with E-state index in [1.54, 1.807) is 16.6 Å². The van der Waals surface area contributed by atoms with E-state index in [0.29, 0.717) is 18.9 Å². The van der Waals surface area contributed by atoms with Crippen LogP contribution in [-0.2, 0) is 13.1 Å². The van der Waals surface area contributed by atoms with E-state index in [1.165, 1.54) is 23.5 Å². The van der Waals surface area contributed by atoms with Crippen molar-refractivity contribution in [2.45, 2.75) is 13.1 Å². The van der Waals surface area contributed by atoms with E-state index in [0.717, 1.165) is 10.7 Å². The van der Waals surface area contributed by atoms with Gasteiger partial charge in [-0.2, -0.15) is 0 Å². The summed E-state index contributed by atoms with van der Waals surface area (Å²) in [5.74, 6) is 0.240. The first-order valence-corrected chi connectivity index (χ1v) is 8.93. The van der Waals surface area contributed by atoms with Gasteiger partial charge in [-0.25, -0.2) is 4.39 Å². The summed E-state index contributed by atoms with van der Waals surface area (Å²) in [6, 6.07) is 2.75. The number of aromatic nitrogens is 4. The molecule has 3 heterocycles. The Bertz CT molecular complexity index is 959. The maximum Gasteiger partial charge on any atom is 0.255 e. The highest BCUT2D eigenvalue weighted by molar-refractivity contribution is 7.13. The highest BCUT2D eigenvalue weighted by Gasteiger charge is 2.28. The molecule has 1 aromatic carbocycles. The highest BCUT2D eigenvalue weighted by Crippen LogP contribution is 2.29. The van der Waals surface area contributed by atoms with Gasteiger partial charge in [0.15, 0.2) is 17.5 Å². The van der Waals surface area contributed by atoms with Crippen molar-refractivity contribution in [3.05, 3.63) is 51.1 Å². The minimum atomic E-state index is -0.790. The minimum Gasteiger partial charge on any atom is -0.329 e. The Morgan fingerprint density at radius 2 is 2.08 bits per heavy atom. The van der Waals surface area contributed by atoms with Crippen molar-refractivity contribution >= 4 is 40.4 Å². The Hall–Kier alpha value is -2.03. The zero-order chi connectivity index (χ0) is 17.6. The molecule has 4 rings (SSSR count). The molecular formula is C15H10Cl2FN5OS. The van der Waals surface area contributed by atoms with Gasteiger partial charge in [0.2, 0.25) is 0 Å². The molecule has 10 heteroatoms. The third kappa shape index (κ3) is 2.80. The molecule has 0 radical (unpaired) electrons. The summed E-state index contributed by atoms with van der Waals surface area (Å²) < 4.78 is 15.8. The van der Waals surface area contributed by atoms with Crippen molar-refractivity contribution in [1.82, 2.24) is 24.6 Å². The van der Waals surface area contributed by atoms with Crippen molar-refractivity contribution in [2.75, 3.05) is 6.54 Å². The van der Waals surface area contributed by atoms with Crippen LogP contribution in [0.25, 0.3) is 10.7 Å². The molecule has 0 unspecified atom stereocenters. The number of hydrogen-bond donors (Lipinski definition) is 0. The van der Waals surface area contributed by atoms with Crippen LogP contribution in [0.4, 0.5) is 4.39 Å².